The Morgan fingerprint density at radius 2 is 2.15 bits per heavy atom. The number of benzene rings is 1. The Kier molecular flexibility index (Phi) is 4.55. The molecule has 0 aliphatic carbocycles. The summed E-state index contributed by atoms with van der Waals surface area (Å²) >= 11 is 5.84. The lowest BCUT2D eigenvalue weighted by molar-refractivity contribution is 0.136. The molecule has 0 saturated carbocycles. The van der Waals surface area contributed by atoms with Gasteiger partial charge in [-0.2, -0.15) is 4.31 Å². The maximum Gasteiger partial charge on any atom is 0.246 e. The zero-order valence-electron chi connectivity index (χ0n) is 11.2. The third kappa shape index (κ3) is 2.77. The van der Waals surface area contributed by atoms with Crippen LogP contribution < -0.4 is 10.1 Å². The molecule has 6 nitrogen and oxygen atoms in total. The van der Waals surface area contributed by atoms with E-state index in [0.717, 1.165) is 0 Å². The van der Waals surface area contributed by atoms with E-state index < -0.39 is 22.2 Å². The molecule has 1 saturated heterocycles. The highest BCUT2D eigenvalue weighted by molar-refractivity contribution is 7.89. The highest BCUT2D eigenvalue weighted by Gasteiger charge is 2.36. The number of hydrogen-bond donors (Lipinski definition) is 2. The van der Waals surface area contributed by atoms with Crippen molar-refractivity contribution in [2.45, 2.75) is 17.0 Å². The number of halogens is 1. The molecule has 0 spiro atoms. The summed E-state index contributed by atoms with van der Waals surface area (Å²) < 4.78 is 31.5. The first-order valence-corrected chi connectivity index (χ1v) is 7.90. The predicted octanol–water partition coefficient (Wildman–Crippen LogP) is 0.302. The fourth-order valence-electron chi connectivity index (χ4n) is 2.21. The number of nitrogens with one attached hydrogen (secondary N) is 1. The third-order valence-electron chi connectivity index (χ3n) is 3.40. The lowest BCUT2D eigenvalue weighted by Gasteiger charge is -2.26. The number of nitrogens with zero attached hydrogens (tertiary/aromatic N) is 1. The van der Waals surface area contributed by atoms with E-state index in [-0.39, 0.29) is 10.6 Å². The Hall–Kier alpha value is -0.860. The maximum atomic E-state index is 12.6. The molecule has 1 heterocycles. The maximum absolute atomic E-state index is 12.6. The molecular weight excluding hydrogens is 304 g/mol. The van der Waals surface area contributed by atoms with Crippen LogP contribution in [0.25, 0.3) is 0 Å². The standard InChI is InChI=1S/C12H17ClN2O4S/c1-15(9-6-14-7-10(9)16)20(17,18)12-4-3-8(13)5-11(12)19-2/h3-5,9-10,14,16H,6-7H2,1-2H3/t9-,10-/m0/s1. The van der Waals surface area contributed by atoms with Gasteiger partial charge in [0.1, 0.15) is 10.6 Å². The van der Waals surface area contributed by atoms with Gasteiger partial charge in [0, 0.05) is 31.2 Å². The van der Waals surface area contributed by atoms with Gasteiger partial charge in [0.05, 0.1) is 19.3 Å². The van der Waals surface area contributed by atoms with Crippen LogP contribution in [0.1, 0.15) is 0 Å². The molecule has 0 bridgehead atoms. The molecule has 8 heteroatoms. The number of rotatable bonds is 4. The lowest BCUT2D eigenvalue weighted by atomic mass is 10.2. The Morgan fingerprint density at radius 3 is 2.70 bits per heavy atom. The fourth-order valence-corrected chi connectivity index (χ4v) is 3.89. The number of sulfonamides is 1. The summed E-state index contributed by atoms with van der Waals surface area (Å²) in [7, 11) is -0.931. The largest absolute Gasteiger partial charge is 0.495 e. The van der Waals surface area contributed by atoms with Crippen molar-refractivity contribution in [2.75, 3.05) is 27.2 Å². The average Bonchev–Trinajstić information content (AvgIpc) is 2.83. The first kappa shape index (κ1) is 15.5. The van der Waals surface area contributed by atoms with E-state index in [9.17, 15) is 13.5 Å². The molecule has 0 radical (unpaired) electrons. The van der Waals surface area contributed by atoms with E-state index in [0.29, 0.717) is 18.1 Å². The quantitative estimate of drug-likeness (QED) is 0.834. The molecule has 1 aliphatic rings. The van der Waals surface area contributed by atoms with Crippen LogP contribution in [-0.2, 0) is 10.0 Å². The summed E-state index contributed by atoms with van der Waals surface area (Å²) in [5.74, 6) is 0.185. The number of ether oxygens (including phenoxy) is 1. The van der Waals surface area contributed by atoms with Gasteiger partial charge in [0.2, 0.25) is 10.0 Å². The van der Waals surface area contributed by atoms with Gasteiger partial charge >= 0.3 is 0 Å². The van der Waals surface area contributed by atoms with Crippen molar-refractivity contribution in [3.8, 4) is 5.75 Å². The zero-order valence-corrected chi connectivity index (χ0v) is 12.8. The summed E-state index contributed by atoms with van der Waals surface area (Å²) in [5, 5.41) is 13.2. The lowest BCUT2D eigenvalue weighted by Crippen LogP contribution is -2.44. The van der Waals surface area contributed by atoms with Crippen LogP contribution in [0.15, 0.2) is 23.1 Å². The predicted molar refractivity (Wildman–Crippen MR) is 75.6 cm³/mol. The van der Waals surface area contributed by atoms with Gasteiger partial charge in [-0.25, -0.2) is 8.42 Å². The number of hydrogen-bond acceptors (Lipinski definition) is 5. The molecule has 2 N–H and O–H groups in total. The van der Waals surface area contributed by atoms with Crippen LogP contribution in [0.2, 0.25) is 5.02 Å². The van der Waals surface area contributed by atoms with Gasteiger partial charge in [0.15, 0.2) is 0 Å². The van der Waals surface area contributed by atoms with Crippen molar-refractivity contribution in [3.05, 3.63) is 23.2 Å². The first-order valence-electron chi connectivity index (χ1n) is 6.08. The molecule has 112 valence electrons. The smallest absolute Gasteiger partial charge is 0.246 e. The number of β-amino-alcohol motifs (C(OH)–C–C–N with tert-alkyl or cyclic N) is 1. The van der Waals surface area contributed by atoms with E-state index in [1.165, 1.54) is 36.7 Å². The van der Waals surface area contributed by atoms with E-state index in [1.807, 2.05) is 0 Å². The second-order valence-electron chi connectivity index (χ2n) is 4.61. The van der Waals surface area contributed by atoms with Crippen molar-refractivity contribution in [1.29, 1.82) is 0 Å². The summed E-state index contributed by atoms with van der Waals surface area (Å²) in [6.07, 6.45) is -0.729. The summed E-state index contributed by atoms with van der Waals surface area (Å²) in [4.78, 5) is 0.0333. The Labute approximate surface area is 123 Å². The summed E-state index contributed by atoms with van der Waals surface area (Å²) in [6, 6.07) is 3.85. The minimum absolute atomic E-state index is 0.0333. The highest BCUT2D eigenvalue weighted by atomic mass is 35.5. The molecule has 1 aromatic rings. The molecule has 2 atom stereocenters. The SMILES string of the molecule is COc1cc(Cl)ccc1S(=O)(=O)N(C)[C@H]1CNC[C@@H]1O. The van der Waals surface area contributed by atoms with Crippen molar-refractivity contribution < 1.29 is 18.3 Å². The fraction of sp³-hybridized carbons (Fsp3) is 0.500. The third-order valence-corrected chi connectivity index (χ3v) is 5.56. The molecule has 2 rings (SSSR count). The summed E-state index contributed by atoms with van der Waals surface area (Å²) in [6.45, 7) is 0.787. The number of methoxy groups -OCH3 is 1. The van der Waals surface area contributed by atoms with Crippen LogP contribution >= 0.6 is 11.6 Å². The van der Waals surface area contributed by atoms with Crippen molar-refractivity contribution in [3.63, 3.8) is 0 Å². The van der Waals surface area contributed by atoms with Gasteiger partial charge in [-0.15, -0.1) is 0 Å². The van der Waals surface area contributed by atoms with E-state index in [2.05, 4.69) is 5.32 Å². The number of aliphatic hydroxyl groups is 1. The molecule has 0 unspecified atom stereocenters. The molecule has 1 aliphatic heterocycles. The molecular formula is C12H17ClN2O4S. The van der Waals surface area contributed by atoms with Crippen LogP contribution in [0, 0.1) is 0 Å². The van der Waals surface area contributed by atoms with E-state index in [1.54, 1.807) is 0 Å². The normalized spacial score (nSPS) is 23.2. The highest BCUT2D eigenvalue weighted by Crippen LogP contribution is 2.30. The molecule has 1 fully saturated rings. The second kappa shape index (κ2) is 5.87. The zero-order chi connectivity index (χ0) is 14.9. The van der Waals surface area contributed by atoms with E-state index in [4.69, 9.17) is 16.3 Å². The van der Waals surface area contributed by atoms with E-state index >= 15 is 0 Å². The van der Waals surface area contributed by atoms with Gasteiger partial charge in [-0.3, -0.25) is 0 Å². The summed E-state index contributed by atoms with van der Waals surface area (Å²) in [5.41, 5.74) is 0. The average molecular weight is 321 g/mol. The molecule has 0 amide bonds. The van der Waals surface area contributed by atoms with Crippen molar-refractivity contribution >= 4 is 21.6 Å². The molecule has 20 heavy (non-hydrogen) atoms. The van der Waals surface area contributed by atoms with Crippen LogP contribution in [0.5, 0.6) is 5.75 Å². The van der Waals surface area contributed by atoms with Crippen LogP contribution in [0.4, 0.5) is 0 Å². The number of likely N-dealkylation sites (N-methyl/N-ethyl adjacent to an activating group) is 1. The van der Waals surface area contributed by atoms with Gasteiger partial charge in [-0.1, -0.05) is 11.6 Å². The minimum Gasteiger partial charge on any atom is -0.495 e. The molecule has 0 aromatic heterocycles. The van der Waals surface area contributed by atoms with Gasteiger partial charge in [-0.05, 0) is 12.1 Å². The van der Waals surface area contributed by atoms with Gasteiger partial charge < -0.3 is 15.2 Å². The Balaban J connectivity index is 2.39. The van der Waals surface area contributed by atoms with Crippen LogP contribution in [-0.4, -0.2) is 57.2 Å². The number of aliphatic hydroxyl groups excluding tert-OH is 1. The van der Waals surface area contributed by atoms with Crippen LogP contribution in [0.3, 0.4) is 0 Å². The monoisotopic (exact) mass is 320 g/mol. The molecule has 1 aromatic carbocycles. The van der Waals surface area contributed by atoms with Gasteiger partial charge in [0.25, 0.3) is 0 Å². The van der Waals surface area contributed by atoms with Crippen molar-refractivity contribution in [1.82, 2.24) is 9.62 Å². The van der Waals surface area contributed by atoms with Crippen molar-refractivity contribution in [2.24, 2.45) is 0 Å². The Bertz CT molecular complexity index is 593. The first-order chi connectivity index (χ1) is 9.37. The topological polar surface area (TPSA) is 78.9 Å². The minimum atomic E-state index is -3.77. The Morgan fingerprint density at radius 1 is 1.45 bits per heavy atom. The second-order valence-corrected chi connectivity index (χ2v) is 7.01.